The molecule has 0 atom stereocenters. The molecule has 0 unspecified atom stereocenters. The van der Waals surface area contributed by atoms with E-state index >= 15 is 0 Å². The minimum atomic E-state index is -1.62. The van der Waals surface area contributed by atoms with Gasteiger partial charge in [-0.25, -0.2) is 0 Å². The lowest BCUT2D eigenvalue weighted by Gasteiger charge is -2.12. The van der Waals surface area contributed by atoms with Crippen LogP contribution in [0.3, 0.4) is 0 Å². The van der Waals surface area contributed by atoms with Gasteiger partial charge in [0.25, 0.3) is 5.91 Å². The first kappa shape index (κ1) is 16.2. The average Bonchev–Trinajstić information content (AvgIpc) is 2.47. The molecule has 5 nitrogen and oxygen atoms in total. The highest BCUT2D eigenvalue weighted by Gasteiger charge is 2.15. The largest absolute Gasteiger partial charge is 0.488 e. The third-order valence-corrected chi connectivity index (χ3v) is 3.46. The van der Waals surface area contributed by atoms with Gasteiger partial charge in [-0.15, -0.1) is 0 Å². The van der Waals surface area contributed by atoms with Crippen LogP contribution in [0.5, 0.6) is 0 Å². The Bertz CT molecular complexity index is 687. The molecule has 1 aromatic heterocycles. The summed E-state index contributed by atoms with van der Waals surface area (Å²) >= 11 is 0. The van der Waals surface area contributed by atoms with Crippen molar-refractivity contribution in [2.24, 2.45) is 0 Å². The summed E-state index contributed by atoms with van der Waals surface area (Å²) in [5, 5.41) is 21.0. The number of anilines is 1. The summed E-state index contributed by atoms with van der Waals surface area (Å²) in [5.74, 6) is 0.0355. The summed E-state index contributed by atoms with van der Waals surface area (Å²) in [6, 6.07) is 8.57. The van der Waals surface area contributed by atoms with E-state index in [-0.39, 0.29) is 17.1 Å². The molecular formula is C16H19BN2O3. The van der Waals surface area contributed by atoms with Crippen LogP contribution in [0.2, 0.25) is 0 Å². The molecule has 0 saturated carbocycles. The minimum absolute atomic E-state index is 0.135. The van der Waals surface area contributed by atoms with Crippen molar-refractivity contribution in [2.45, 2.75) is 26.7 Å². The molecule has 0 aliphatic carbocycles. The van der Waals surface area contributed by atoms with E-state index in [0.29, 0.717) is 11.6 Å². The molecule has 0 radical (unpaired) electrons. The Morgan fingerprint density at radius 3 is 2.55 bits per heavy atom. The molecule has 1 heterocycles. The summed E-state index contributed by atoms with van der Waals surface area (Å²) < 4.78 is 0. The van der Waals surface area contributed by atoms with Crippen LogP contribution in [0.4, 0.5) is 5.69 Å². The zero-order valence-corrected chi connectivity index (χ0v) is 12.9. The fourth-order valence-electron chi connectivity index (χ4n) is 2.33. The van der Waals surface area contributed by atoms with Crippen LogP contribution in [0.1, 0.15) is 41.4 Å². The Kier molecular flexibility index (Phi) is 4.95. The third-order valence-electron chi connectivity index (χ3n) is 3.46. The maximum atomic E-state index is 12.2. The molecule has 1 amide bonds. The zero-order valence-electron chi connectivity index (χ0n) is 12.9. The van der Waals surface area contributed by atoms with E-state index in [4.69, 9.17) is 10.0 Å². The van der Waals surface area contributed by atoms with E-state index in [2.05, 4.69) is 24.1 Å². The lowest BCUT2D eigenvalue weighted by molar-refractivity contribution is 0.102. The standard InChI is InChI=1S/C16H19BN2O3/c1-10(2)14-5-4-13(8-11(14)3)19-16(20)15-9-12(17(21)22)6-7-18-15/h4-10,21-22H,1-3H3,(H,19,20). The second kappa shape index (κ2) is 6.72. The number of aromatic nitrogens is 1. The number of carbonyl (C=O) groups excluding carboxylic acids is 1. The van der Waals surface area contributed by atoms with Crippen molar-refractivity contribution in [3.8, 4) is 0 Å². The number of benzene rings is 1. The lowest BCUT2D eigenvalue weighted by atomic mass is 9.80. The van der Waals surface area contributed by atoms with Gasteiger partial charge in [0.05, 0.1) is 0 Å². The van der Waals surface area contributed by atoms with Gasteiger partial charge >= 0.3 is 7.12 Å². The van der Waals surface area contributed by atoms with Gasteiger partial charge in [-0.2, -0.15) is 0 Å². The van der Waals surface area contributed by atoms with Crippen LogP contribution >= 0.6 is 0 Å². The molecule has 1 aromatic carbocycles. The molecule has 2 aromatic rings. The van der Waals surface area contributed by atoms with Crippen LogP contribution in [-0.4, -0.2) is 28.1 Å². The molecule has 114 valence electrons. The normalized spacial score (nSPS) is 10.6. The van der Waals surface area contributed by atoms with Gasteiger partial charge in [-0.3, -0.25) is 9.78 Å². The maximum Gasteiger partial charge on any atom is 0.488 e. The van der Waals surface area contributed by atoms with Crippen molar-refractivity contribution in [2.75, 3.05) is 5.32 Å². The number of amides is 1. The maximum absolute atomic E-state index is 12.2. The summed E-state index contributed by atoms with van der Waals surface area (Å²) in [5.41, 5.74) is 3.40. The predicted molar refractivity (Wildman–Crippen MR) is 87.3 cm³/mol. The highest BCUT2D eigenvalue weighted by molar-refractivity contribution is 6.58. The van der Waals surface area contributed by atoms with E-state index in [0.717, 1.165) is 5.56 Å². The minimum Gasteiger partial charge on any atom is -0.423 e. The highest BCUT2D eigenvalue weighted by Crippen LogP contribution is 2.22. The van der Waals surface area contributed by atoms with Gasteiger partial charge in [0, 0.05) is 11.9 Å². The van der Waals surface area contributed by atoms with Crippen molar-refractivity contribution in [1.82, 2.24) is 4.98 Å². The molecule has 0 aliphatic rings. The molecule has 22 heavy (non-hydrogen) atoms. The Morgan fingerprint density at radius 1 is 1.23 bits per heavy atom. The van der Waals surface area contributed by atoms with E-state index in [1.54, 1.807) is 0 Å². The second-order valence-electron chi connectivity index (χ2n) is 5.53. The number of pyridine rings is 1. The molecule has 2 rings (SSSR count). The van der Waals surface area contributed by atoms with E-state index in [9.17, 15) is 4.79 Å². The number of hydrogen-bond acceptors (Lipinski definition) is 4. The first-order chi connectivity index (χ1) is 10.4. The number of carbonyl (C=O) groups is 1. The first-order valence-electron chi connectivity index (χ1n) is 7.12. The first-order valence-corrected chi connectivity index (χ1v) is 7.12. The number of hydrogen-bond donors (Lipinski definition) is 3. The number of nitrogens with one attached hydrogen (secondary N) is 1. The quantitative estimate of drug-likeness (QED) is 0.746. The topological polar surface area (TPSA) is 82.5 Å². The van der Waals surface area contributed by atoms with Gasteiger partial charge in [-0.1, -0.05) is 19.9 Å². The summed E-state index contributed by atoms with van der Waals surface area (Å²) in [6.45, 7) is 6.25. The van der Waals surface area contributed by atoms with Crippen molar-refractivity contribution in [1.29, 1.82) is 0 Å². The third kappa shape index (κ3) is 3.72. The van der Waals surface area contributed by atoms with Crippen molar-refractivity contribution in [3.63, 3.8) is 0 Å². The monoisotopic (exact) mass is 298 g/mol. The van der Waals surface area contributed by atoms with E-state index in [1.165, 1.54) is 23.9 Å². The van der Waals surface area contributed by atoms with Crippen molar-refractivity contribution in [3.05, 3.63) is 53.3 Å². The Balaban J connectivity index is 2.18. The van der Waals surface area contributed by atoms with Gasteiger partial charge in [0.15, 0.2) is 0 Å². The fraction of sp³-hybridized carbons (Fsp3) is 0.250. The molecule has 0 bridgehead atoms. The van der Waals surface area contributed by atoms with Crippen LogP contribution < -0.4 is 10.8 Å². The molecule has 3 N–H and O–H groups in total. The van der Waals surface area contributed by atoms with Crippen LogP contribution in [0, 0.1) is 6.92 Å². The molecule has 0 spiro atoms. The highest BCUT2D eigenvalue weighted by atomic mass is 16.4. The van der Waals surface area contributed by atoms with E-state index < -0.39 is 7.12 Å². The SMILES string of the molecule is Cc1cc(NC(=O)c2cc(B(O)O)ccn2)ccc1C(C)C. The second-order valence-corrected chi connectivity index (χ2v) is 5.53. The van der Waals surface area contributed by atoms with Gasteiger partial charge in [-0.05, 0) is 53.7 Å². The van der Waals surface area contributed by atoms with Gasteiger partial charge in [0.2, 0.25) is 0 Å². The smallest absolute Gasteiger partial charge is 0.423 e. The van der Waals surface area contributed by atoms with Gasteiger partial charge in [0.1, 0.15) is 5.69 Å². The number of rotatable bonds is 4. The van der Waals surface area contributed by atoms with Crippen molar-refractivity contribution >= 4 is 24.2 Å². The summed E-state index contributed by atoms with van der Waals surface area (Å²) in [4.78, 5) is 16.1. The Morgan fingerprint density at radius 2 is 1.95 bits per heavy atom. The Hall–Kier alpha value is -2.18. The molecule has 0 fully saturated rings. The van der Waals surface area contributed by atoms with E-state index in [1.807, 2.05) is 25.1 Å². The molecule has 6 heteroatoms. The molecule has 0 saturated heterocycles. The molecular weight excluding hydrogens is 279 g/mol. The number of nitrogens with zero attached hydrogens (tertiary/aromatic N) is 1. The van der Waals surface area contributed by atoms with Crippen LogP contribution in [0.15, 0.2) is 36.5 Å². The van der Waals surface area contributed by atoms with Crippen LogP contribution in [-0.2, 0) is 0 Å². The van der Waals surface area contributed by atoms with Crippen molar-refractivity contribution < 1.29 is 14.8 Å². The zero-order chi connectivity index (χ0) is 16.3. The summed E-state index contributed by atoms with van der Waals surface area (Å²) in [6.07, 6.45) is 1.37. The summed E-state index contributed by atoms with van der Waals surface area (Å²) in [7, 11) is -1.62. The average molecular weight is 298 g/mol. The fourth-order valence-corrected chi connectivity index (χ4v) is 2.33. The van der Waals surface area contributed by atoms with Gasteiger partial charge < -0.3 is 15.4 Å². The number of aryl methyl sites for hydroxylation is 1. The Labute approximate surface area is 130 Å². The lowest BCUT2D eigenvalue weighted by Crippen LogP contribution is -2.31. The predicted octanol–water partition coefficient (Wildman–Crippen LogP) is 1.45. The molecule has 0 aliphatic heterocycles. The van der Waals surface area contributed by atoms with Crippen LogP contribution in [0.25, 0.3) is 0 Å².